The molecule has 0 radical (unpaired) electrons. The Labute approximate surface area is 252 Å². The van der Waals surface area contributed by atoms with Gasteiger partial charge < -0.3 is 0 Å². The number of hydrogen-bond donors (Lipinski definition) is 0. The van der Waals surface area contributed by atoms with Gasteiger partial charge in [0.05, 0.1) is 0 Å². The summed E-state index contributed by atoms with van der Waals surface area (Å²) in [6.45, 7) is 26.1. The lowest BCUT2D eigenvalue weighted by Gasteiger charge is -2.45. The summed E-state index contributed by atoms with van der Waals surface area (Å²) in [4.78, 5) is 0. The molecule has 0 spiro atoms. The molecule has 3 aromatic rings. The van der Waals surface area contributed by atoms with Crippen molar-refractivity contribution in [2.45, 2.75) is 99.0 Å². The van der Waals surface area contributed by atoms with E-state index in [2.05, 4.69) is 155 Å². The first-order chi connectivity index (χ1) is 19.1. The van der Waals surface area contributed by atoms with Crippen LogP contribution in [0.3, 0.4) is 0 Å². The molecule has 1 fully saturated rings. The third kappa shape index (κ3) is 5.47. The van der Waals surface area contributed by atoms with Crippen molar-refractivity contribution >= 4 is 23.6 Å². The SMILES string of the molecule is Cc1cc(C)cc([Si](c2cc(C)cc(C)c2)(c2cc(C(C)(C)C)cc(C(C)(C)C)c2)C2C(C)CC3C=CC=CC32)c1. The molecule has 0 nitrogen and oxygen atoms in total. The maximum Gasteiger partial charge on any atom is 0.152 e. The van der Waals surface area contributed by atoms with Crippen LogP contribution in [-0.2, 0) is 10.8 Å². The van der Waals surface area contributed by atoms with Crippen LogP contribution in [0.2, 0.25) is 5.54 Å². The minimum atomic E-state index is -2.59. The standard InChI is InChI=1S/C40H52Si/c1-26-16-27(2)19-34(18-26)41(35-20-28(3)17-29(4)21-35,38-30(5)22-31-14-12-13-15-37(31)38)36-24-32(39(6,7)8)23-33(25-36)40(9,10)11/h12-21,23-25,30-31,37-38H,22H2,1-11H3. The summed E-state index contributed by atoms with van der Waals surface area (Å²) in [5.74, 6) is 1.80. The van der Waals surface area contributed by atoms with Crippen LogP contribution in [0.15, 0.2) is 78.9 Å². The lowest BCUT2D eigenvalue weighted by atomic mass is 9.81. The fourth-order valence-corrected chi connectivity index (χ4v) is 14.8. The Morgan fingerprint density at radius 2 is 0.976 bits per heavy atom. The Balaban J connectivity index is 2.00. The van der Waals surface area contributed by atoms with E-state index in [1.165, 1.54) is 39.8 Å². The van der Waals surface area contributed by atoms with Gasteiger partial charge in [0.15, 0.2) is 8.07 Å². The maximum absolute atomic E-state index is 2.65. The lowest BCUT2D eigenvalue weighted by Crippen LogP contribution is -2.71. The fraction of sp³-hybridized carbons (Fsp3) is 0.450. The molecule has 2 aliphatic rings. The molecule has 1 saturated carbocycles. The zero-order chi connectivity index (χ0) is 29.9. The molecular formula is C40H52Si. The van der Waals surface area contributed by atoms with Crippen molar-refractivity contribution in [2.24, 2.45) is 17.8 Å². The molecule has 0 aliphatic heterocycles. The van der Waals surface area contributed by atoms with Gasteiger partial charge >= 0.3 is 0 Å². The molecule has 3 aromatic carbocycles. The first-order valence-corrected chi connectivity index (χ1v) is 17.9. The quantitative estimate of drug-likeness (QED) is 0.221. The van der Waals surface area contributed by atoms with Crippen LogP contribution in [0.4, 0.5) is 0 Å². The Bertz CT molecular complexity index is 1380. The fourth-order valence-electron chi connectivity index (χ4n) is 8.17. The maximum atomic E-state index is 2.65. The molecular weight excluding hydrogens is 509 g/mol. The highest BCUT2D eigenvalue weighted by molar-refractivity contribution is 7.12. The summed E-state index contributed by atoms with van der Waals surface area (Å²) in [6.07, 6.45) is 11.0. The van der Waals surface area contributed by atoms with Crippen molar-refractivity contribution in [3.8, 4) is 0 Å². The molecule has 1 heteroatoms. The summed E-state index contributed by atoms with van der Waals surface area (Å²) in [5, 5.41) is 4.78. The van der Waals surface area contributed by atoms with Gasteiger partial charge in [-0.1, -0.05) is 150 Å². The zero-order valence-electron chi connectivity index (χ0n) is 27.5. The van der Waals surface area contributed by atoms with Crippen LogP contribution in [0.1, 0.15) is 88.3 Å². The van der Waals surface area contributed by atoms with Crippen molar-refractivity contribution in [3.63, 3.8) is 0 Å². The highest BCUT2D eigenvalue weighted by Crippen LogP contribution is 2.53. The summed E-state index contributed by atoms with van der Waals surface area (Å²) < 4.78 is 0. The number of allylic oxidation sites excluding steroid dienone is 4. The van der Waals surface area contributed by atoms with Crippen LogP contribution in [0.5, 0.6) is 0 Å². The second-order valence-corrected chi connectivity index (χ2v) is 19.6. The number of aryl methyl sites for hydroxylation is 4. The van der Waals surface area contributed by atoms with Gasteiger partial charge in [-0.25, -0.2) is 0 Å². The first-order valence-electron chi connectivity index (χ1n) is 15.8. The average molecular weight is 561 g/mol. The van der Waals surface area contributed by atoms with Gasteiger partial charge in [-0.2, -0.15) is 0 Å². The molecule has 0 heterocycles. The van der Waals surface area contributed by atoms with Gasteiger partial charge in [-0.3, -0.25) is 0 Å². The Kier molecular flexibility index (Phi) is 7.69. The Morgan fingerprint density at radius 1 is 0.561 bits per heavy atom. The molecule has 0 aromatic heterocycles. The zero-order valence-corrected chi connectivity index (χ0v) is 28.5. The molecule has 0 saturated heterocycles. The summed E-state index contributed by atoms with van der Waals surface area (Å²) >= 11 is 0. The summed E-state index contributed by atoms with van der Waals surface area (Å²) in [7, 11) is -2.59. The molecule has 0 bridgehead atoms. The van der Waals surface area contributed by atoms with Crippen molar-refractivity contribution in [1.82, 2.24) is 0 Å². The van der Waals surface area contributed by atoms with Gasteiger partial charge in [0.1, 0.15) is 0 Å². The molecule has 41 heavy (non-hydrogen) atoms. The first kappa shape index (κ1) is 29.8. The van der Waals surface area contributed by atoms with E-state index in [4.69, 9.17) is 0 Å². The highest BCUT2D eigenvalue weighted by Gasteiger charge is 2.56. The summed E-state index contributed by atoms with van der Waals surface area (Å²) in [6, 6.07) is 22.8. The van der Waals surface area contributed by atoms with Crippen molar-refractivity contribution in [2.75, 3.05) is 0 Å². The number of rotatable bonds is 4. The van der Waals surface area contributed by atoms with Crippen molar-refractivity contribution in [1.29, 1.82) is 0 Å². The van der Waals surface area contributed by atoms with Crippen LogP contribution >= 0.6 is 0 Å². The third-order valence-electron chi connectivity index (χ3n) is 9.94. The second kappa shape index (κ2) is 10.6. The van der Waals surface area contributed by atoms with E-state index in [0.717, 1.165) is 0 Å². The van der Waals surface area contributed by atoms with Crippen LogP contribution in [0.25, 0.3) is 0 Å². The Morgan fingerprint density at radius 3 is 1.41 bits per heavy atom. The number of hydrogen-bond acceptors (Lipinski definition) is 0. The Hall–Kier alpha value is -2.64. The van der Waals surface area contributed by atoms with Crippen LogP contribution in [-0.4, -0.2) is 8.07 Å². The molecule has 0 amide bonds. The van der Waals surface area contributed by atoms with Gasteiger partial charge in [0.2, 0.25) is 0 Å². The van der Waals surface area contributed by atoms with E-state index in [0.29, 0.717) is 23.3 Å². The molecule has 4 atom stereocenters. The predicted molar refractivity (Wildman–Crippen MR) is 183 cm³/mol. The van der Waals surface area contributed by atoms with E-state index >= 15 is 0 Å². The largest absolute Gasteiger partial charge is 0.152 e. The van der Waals surface area contributed by atoms with E-state index < -0.39 is 8.07 Å². The molecule has 5 rings (SSSR count). The number of fused-ring (bicyclic) bond motifs is 1. The highest BCUT2D eigenvalue weighted by atomic mass is 28.3. The van der Waals surface area contributed by atoms with Crippen molar-refractivity contribution in [3.05, 3.63) is 112 Å². The van der Waals surface area contributed by atoms with Crippen molar-refractivity contribution < 1.29 is 0 Å². The van der Waals surface area contributed by atoms with Crippen LogP contribution in [0, 0.1) is 45.4 Å². The van der Waals surface area contributed by atoms with E-state index in [9.17, 15) is 0 Å². The second-order valence-electron chi connectivity index (χ2n) is 15.6. The van der Waals surface area contributed by atoms with E-state index in [1.807, 2.05) is 0 Å². The van der Waals surface area contributed by atoms with E-state index in [1.54, 1.807) is 15.6 Å². The lowest BCUT2D eigenvalue weighted by molar-refractivity contribution is 0.546. The minimum absolute atomic E-state index is 0.0680. The van der Waals surface area contributed by atoms with Gasteiger partial charge in [-0.15, -0.1) is 0 Å². The normalized spacial score (nSPS) is 22.7. The van der Waals surface area contributed by atoms with Gasteiger partial charge in [-0.05, 0) is 94.9 Å². The van der Waals surface area contributed by atoms with E-state index in [-0.39, 0.29) is 10.8 Å². The van der Waals surface area contributed by atoms with Gasteiger partial charge in [0, 0.05) is 0 Å². The smallest absolute Gasteiger partial charge is 0.0808 e. The molecule has 0 N–H and O–H groups in total. The van der Waals surface area contributed by atoms with Crippen LogP contribution < -0.4 is 15.6 Å². The molecule has 4 unspecified atom stereocenters. The third-order valence-corrected chi connectivity index (χ3v) is 15.5. The van der Waals surface area contributed by atoms with Gasteiger partial charge in [0.25, 0.3) is 0 Å². The average Bonchev–Trinajstić information content (AvgIpc) is 3.18. The topological polar surface area (TPSA) is 0 Å². The monoisotopic (exact) mass is 560 g/mol. The summed E-state index contributed by atoms with van der Waals surface area (Å²) in [5.41, 5.74) is 9.15. The predicted octanol–water partition coefficient (Wildman–Crippen LogP) is 8.75. The minimum Gasteiger partial charge on any atom is -0.0808 e. The number of benzene rings is 3. The molecule has 2 aliphatic carbocycles. The molecule has 216 valence electrons.